The molecule has 0 saturated carbocycles. The average Bonchev–Trinajstić information content (AvgIpc) is 2.86. The molecule has 0 unspecified atom stereocenters. The third kappa shape index (κ3) is 11.2. The molecule has 0 bridgehead atoms. The van der Waals surface area contributed by atoms with Crippen LogP contribution in [0.4, 0.5) is 0 Å². The Bertz CT molecular complexity index is 946. The fourth-order valence-electron chi connectivity index (χ4n) is 4.25. The van der Waals surface area contributed by atoms with Crippen molar-refractivity contribution in [2.45, 2.75) is 89.3 Å². The highest BCUT2D eigenvalue weighted by Gasteiger charge is 2.24. The number of methoxy groups -OCH3 is 1. The van der Waals surface area contributed by atoms with Gasteiger partial charge in [0, 0.05) is 10.9 Å². The van der Waals surface area contributed by atoms with Crippen molar-refractivity contribution in [1.29, 1.82) is 0 Å². The first kappa shape index (κ1) is 30.7. The number of halogens is 1. The molecule has 2 aromatic carbocycles. The van der Waals surface area contributed by atoms with Crippen LogP contribution in [-0.4, -0.2) is 23.5 Å². The van der Waals surface area contributed by atoms with E-state index in [1.165, 1.54) is 77.4 Å². The third-order valence-electron chi connectivity index (χ3n) is 6.13. The maximum absolute atomic E-state index is 11.5. The minimum Gasteiger partial charge on any atom is -0.490 e. The van der Waals surface area contributed by atoms with E-state index in [1.54, 1.807) is 6.07 Å². The van der Waals surface area contributed by atoms with Crippen LogP contribution in [0.3, 0.4) is 0 Å². The molecule has 36 heavy (non-hydrogen) atoms. The monoisotopic (exact) mass is 584 g/mol. The zero-order chi connectivity index (χ0) is 26.2. The number of hydrogen-bond acceptors (Lipinski definition) is 4. The molecule has 202 valence electrons. The van der Waals surface area contributed by atoms with Crippen molar-refractivity contribution in [3.05, 3.63) is 42.0 Å². The second-order valence-corrected chi connectivity index (χ2v) is 10.9. The highest BCUT2D eigenvalue weighted by Crippen LogP contribution is 2.49. The molecule has 0 atom stereocenters. The van der Waals surface area contributed by atoms with Gasteiger partial charge in [-0.05, 0) is 29.7 Å². The Labute approximate surface area is 225 Å². The molecule has 2 rings (SSSR count). The smallest absolute Gasteiger partial charge is 0.490 e. The van der Waals surface area contributed by atoms with Crippen LogP contribution in [-0.2, 0) is 9.90 Å². The van der Waals surface area contributed by atoms with Gasteiger partial charge < -0.3 is 14.0 Å². The fraction of sp³-hybridized carbons (Fsp3) is 0.571. The van der Waals surface area contributed by atoms with E-state index in [0.29, 0.717) is 17.7 Å². The molecule has 0 amide bonds. The number of ether oxygens (including phenoxy) is 2. The van der Waals surface area contributed by atoms with E-state index in [4.69, 9.17) is 14.0 Å². The number of phosphoric acid groups is 1. The molecule has 8 heteroatoms. The van der Waals surface area contributed by atoms with Crippen molar-refractivity contribution < 1.29 is 28.3 Å². The number of rotatable bonds is 19. The number of unbranched alkanes of at least 4 members (excludes halogenated alkanes) is 11. The predicted molar refractivity (Wildman–Crippen MR) is 150 cm³/mol. The molecule has 6 nitrogen and oxygen atoms in total. The highest BCUT2D eigenvalue weighted by molar-refractivity contribution is 9.08. The summed E-state index contributed by atoms with van der Waals surface area (Å²) >= 11 is 3.49. The average molecular weight is 586 g/mol. The minimum absolute atomic E-state index is 0.0454. The Morgan fingerprint density at radius 1 is 0.833 bits per heavy atom. The van der Waals surface area contributed by atoms with Crippen LogP contribution < -0.4 is 14.0 Å². The summed E-state index contributed by atoms with van der Waals surface area (Å²) in [5.74, 6) is 0.563. The first-order valence-electron chi connectivity index (χ1n) is 13.1. The van der Waals surface area contributed by atoms with E-state index in [-0.39, 0.29) is 11.5 Å². The molecule has 0 aromatic heterocycles. The van der Waals surface area contributed by atoms with E-state index in [9.17, 15) is 14.4 Å². The van der Waals surface area contributed by atoms with Gasteiger partial charge in [-0.15, -0.1) is 0 Å². The summed E-state index contributed by atoms with van der Waals surface area (Å²) in [4.78, 5) is 18.6. The quantitative estimate of drug-likeness (QED) is 0.0974. The number of hydrogen-bond donors (Lipinski definition) is 2. The Morgan fingerprint density at radius 3 is 2.00 bits per heavy atom. The van der Waals surface area contributed by atoms with Gasteiger partial charge in [0.05, 0.1) is 13.7 Å². The standard InChI is InChI=1S/C28H42BrO6P/c1-3-4-5-6-7-8-9-10-11-12-13-14-20-34-27-25(24-17-15-16-23(21-24)22-29)18-19-26(28(27)33-2)35-36(30,31)32/h15-19,21H,3-14,20,22H2,1-2H3,(H2,30,31,32). The van der Waals surface area contributed by atoms with Crippen LogP contribution in [0.5, 0.6) is 17.2 Å². The van der Waals surface area contributed by atoms with Gasteiger partial charge in [0.15, 0.2) is 11.5 Å². The van der Waals surface area contributed by atoms with E-state index in [1.807, 2.05) is 24.3 Å². The van der Waals surface area contributed by atoms with Gasteiger partial charge in [-0.1, -0.05) is 118 Å². The Morgan fingerprint density at radius 2 is 1.44 bits per heavy atom. The largest absolute Gasteiger partial charge is 0.524 e. The third-order valence-corrected chi connectivity index (χ3v) is 7.22. The Kier molecular flexibility index (Phi) is 14.6. The molecule has 2 N–H and O–H groups in total. The normalized spacial score (nSPS) is 11.5. The molecular weight excluding hydrogens is 543 g/mol. The first-order valence-corrected chi connectivity index (χ1v) is 15.8. The topological polar surface area (TPSA) is 85.2 Å². The van der Waals surface area contributed by atoms with E-state index < -0.39 is 7.82 Å². The van der Waals surface area contributed by atoms with Gasteiger partial charge in [0.25, 0.3) is 0 Å². The lowest BCUT2D eigenvalue weighted by atomic mass is 10.0. The first-order chi connectivity index (χ1) is 17.4. The van der Waals surface area contributed by atoms with Crippen molar-refractivity contribution in [2.24, 2.45) is 0 Å². The molecule has 0 saturated heterocycles. The summed E-state index contributed by atoms with van der Waals surface area (Å²) in [6, 6.07) is 11.3. The van der Waals surface area contributed by atoms with Crippen molar-refractivity contribution >= 4 is 23.8 Å². The molecule has 0 fully saturated rings. The lowest BCUT2D eigenvalue weighted by Gasteiger charge is -2.19. The molecule has 0 aliphatic heterocycles. The Balaban J connectivity index is 1.94. The highest BCUT2D eigenvalue weighted by atomic mass is 79.9. The minimum atomic E-state index is -4.75. The van der Waals surface area contributed by atoms with Gasteiger partial charge in [0.2, 0.25) is 5.75 Å². The van der Waals surface area contributed by atoms with Gasteiger partial charge in [-0.3, -0.25) is 9.79 Å². The number of alkyl halides is 1. The zero-order valence-corrected chi connectivity index (χ0v) is 24.2. The molecule has 0 heterocycles. The van der Waals surface area contributed by atoms with Gasteiger partial charge in [-0.25, -0.2) is 4.57 Å². The summed E-state index contributed by atoms with van der Waals surface area (Å²) in [5, 5.41) is 0.715. The van der Waals surface area contributed by atoms with Gasteiger partial charge in [-0.2, -0.15) is 0 Å². The molecule has 0 aliphatic carbocycles. The summed E-state index contributed by atoms with van der Waals surface area (Å²) in [6.07, 6.45) is 15.1. The molecular formula is C28H42BrO6P. The van der Waals surface area contributed by atoms with E-state index >= 15 is 0 Å². The number of benzene rings is 2. The lowest BCUT2D eigenvalue weighted by Crippen LogP contribution is -2.03. The van der Waals surface area contributed by atoms with Crippen molar-refractivity contribution in [1.82, 2.24) is 0 Å². The summed E-state index contributed by atoms with van der Waals surface area (Å²) in [7, 11) is -3.31. The maximum atomic E-state index is 11.5. The summed E-state index contributed by atoms with van der Waals surface area (Å²) in [6.45, 7) is 2.74. The second kappa shape index (κ2) is 17.1. The molecule has 0 spiro atoms. The van der Waals surface area contributed by atoms with Crippen LogP contribution in [0.1, 0.15) is 89.5 Å². The van der Waals surface area contributed by atoms with Crippen molar-refractivity contribution in [2.75, 3.05) is 13.7 Å². The number of phosphoric ester groups is 1. The molecule has 2 aromatic rings. The Hall–Kier alpha value is -1.53. The predicted octanol–water partition coefficient (Wildman–Crippen LogP) is 8.81. The molecule has 0 aliphatic rings. The van der Waals surface area contributed by atoms with Crippen LogP contribution in [0.2, 0.25) is 0 Å². The summed E-state index contributed by atoms with van der Waals surface area (Å²) in [5.41, 5.74) is 2.82. The fourth-order valence-corrected chi connectivity index (χ4v) is 5.00. The van der Waals surface area contributed by atoms with E-state index in [2.05, 4.69) is 22.9 Å². The molecule has 0 radical (unpaired) electrons. The van der Waals surface area contributed by atoms with Gasteiger partial charge >= 0.3 is 7.82 Å². The van der Waals surface area contributed by atoms with E-state index in [0.717, 1.165) is 29.5 Å². The van der Waals surface area contributed by atoms with Crippen LogP contribution in [0, 0.1) is 0 Å². The van der Waals surface area contributed by atoms with Crippen molar-refractivity contribution in [3.8, 4) is 28.4 Å². The lowest BCUT2D eigenvalue weighted by molar-refractivity contribution is 0.264. The van der Waals surface area contributed by atoms with Crippen LogP contribution in [0.15, 0.2) is 36.4 Å². The summed E-state index contributed by atoms with van der Waals surface area (Å²) < 4.78 is 28.0. The van der Waals surface area contributed by atoms with Gasteiger partial charge in [0.1, 0.15) is 0 Å². The van der Waals surface area contributed by atoms with Crippen LogP contribution >= 0.6 is 23.8 Å². The second-order valence-electron chi connectivity index (χ2n) is 9.13. The SMILES string of the molecule is CCCCCCCCCCCCCCOc1c(-c2cccc(CBr)c2)ccc(OP(=O)(O)O)c1OC. The zero-order valence-electron chi connectivity index (χ0n) is 21.7. The van der Waals surface area contributed by atoms with Crippen LogP contribution in [0.25, 0.3) is 11.1 Å². The van der Waals surface area contributed by atoms with Crippen molar-refractivity contribution in [3.63, 3.8) is 0 Å². The maximum Gasteiger partial charge on any atom is 0.524 e.